The molecule has 5 nitrogen and oxygen atoms in total. The molecule has 2 heterocycles. The lowest BCUT2D eigenvalue weighted by Gasteiger charge is -2.17. The van der Waals surface area contributed by atoms with Crippen molar-refractivity contribution in [3.8, 4) is 0 Å². The summed E-state index contributed by atoms with van der Waals surface area (Å²) >= 11 is 11.8. The van der Waals surface area contributed by atoms with E-state index >= 15 is 0 Å². The fourth-order valence-corrected chi connectivity index (χ4v) is 2.27. The largest absolute Gasteiger partial charge is 0.481 e. The number of carboxylic acid groups (broad SMARTS) is 1. The Morgan fingerprint density at radius 2 is 2.17 bits per heavy atom. The Bertz CT molecular complexity index is 533. The van der Waals surface area contributed by atoms with Gasteiger partial charge in [-0.3, -0.25) is 14.5 Å². The molecule has 7 heteroatoms. The van der Waals surface area contributed by atoms with Crippen LogP contribution < -0.4 is 4.90 Å². The molecule has 1 aliphatic rings. The van der Waals surface area contributed by atoms with Crippen LogP contribution in [0.15, 0.2) is 6.07 Å². The van der Waals surface area contributed by atoms with E-state index in [0.29, 0.717) is 10.7 Å². The molecule has 18 heavy (non-hydrogen) atoms. The zero-order valence-corrected chi connectivity index (χ0v) is 11.0. The summed E-state index contributed by atoms with van der Waals surface area (Å²) in [6, 6.07) is 1.50. The van der Waals surface area contributed by atoms with Gasteiger partial charge in [0, 0.05) is 13.0 Å². The van der Waals surface area contributed by atoms with E-state index in [1.807, 2.05) is 0 Å². The van der Waals surface area contributed by atoms with E-state index in [2.05, 4.69) is 4.98 Å². The smallest absolute Gasteiger partial charge is 0.308 e. The monoisotopic (exact) mass is 288 g/mol. The second-order valence-corrected chi connectivity index (χ2v) is 4.92. The Morgan fingerprint density at radius 1 is 1.50 bits per heavy atom. The van der Waals surface area contributed by atoms with E-state index in [1.165, 1.54) is 11.0 Å². The minimum absolute atomic E-state index is 0.0327. The van der Waals surface area contributed by atoms with Crippen molar-refractivity contribution in [2.75, 3.05) is 11.4 Å². The van der Waals surface area contributed by atoms with E-state index in [9.17, 15) is 9.59 Å². The number of carboxylic acids is 1. The molecule has 1 amide bonds. The summed E-state index contributed by atoms with van der Waals surface area (Å²) in [7, 11) is 0. The average molecular weight is 289 g/mol. The molecule has 0 bridgehead atoms. The highest BCUT2D eigenvalue weighted by Crippen LogP contribution is 2.32. The first-order chi connectivity index (χ1) is 8.40. The van der Waals surface area contributed by atoms with E-state index < -0.39 is 11.9 Å². The molecule has 0 saturated carbocycles. The maximum Gasteiger partial charge on any atom is 0.308 e. The summed E-state index contributed by atoms with van der Waals surface area (Å²) in [5, 5.41) is 9.56. The fraction of sp³-hybridized carbons (Fsp3) is 0.364. The van der Waals surface area contributed by atoms with Crippen molar-refractivity contribution < 1.29 is 14.7 Å². The second-order valence-electron chi connectivity index (χ2n) is 4.10. The van der Waals surface area contributed by atoms with Crippen LogP contribution in [0.1, 0.15) is 12.1 Å². The zero-order chi connectivity index (χ0) is 13.4. The van der Waals surface area contributed by atoms with Crippen molar-refractivity contribution in [2.45, 2.75) is 13.3 Å². The topological polar surface area (TPSA) is 70.5 Å². The summed E-state index contributed by atoms with van der Waals surface area (Å²) in [5.41, 5.74) is 0.544. The van der Waals surface area contributed by atoms with Crippen LogP contribution in [0.3, 0.4) is 0 Å². The van der Waals surface area contributed by atoms with Crippen molar-refractivity contribution in [1.82, 2.24) is 4.98 Å². The van der Waals surface area contributed by atoms with Gasteiger partial charge in [-0.1, -0.05) is 23.2 Å². The quantitative estimate of drug-likeness (QED) is 0.905. The summed E-state index contributed by atoms with van der Waals surface area (Å²) < 4.78 is 0. The van der Waals surface area contributed by atoms with Gasteiger partial charge in [0.2, 0.25) is 5.91 Å². The molecule has 1 fully saturated rings. The molecule has 1 saturated heterocycles. The zero-order valence-electron chi connectivity index (χ0n) is 9.48. The molecule has 1 aliphatic heterocycles. The molecule has 0 radical (unpaired) electrons. The van der Waals surface area contributed by atoms with E-state index in [4.69, 9.17) is 28.3 Å². The Morgan fingerprint density at radius 3 is 2.72 bits per heavy atom. The van der Waals surface area contributed by atoms with Gasteiger partial charge in [0.25, 0.3) is 0 Å². The highest BCUT2D eigenvalue weighted by molar-refractivity contribution is 6.36. The predicted octanol–water partition coefficient (Wildman–Crippen LogP) is 2.13. The number of carbonyl (C=O) groups is 2. The SMILES string of the molecule is Cc1nc(N2CC(C(=O)O)CC2=O)c(Cl)cc1Cl. The van der Waals surface area contributed by atoms with Crippen molar-refractivity contribution in [2.24, 2.45) is 5.92 Å². The lowest BCUT2D eigenvalue weighted by molar-refractivity contribution is -0.141. The van der Waals surface area contributed by atoms with Crippen molar-refractivity contribution >= 4 is 40.9 Å². The molecule has 1 atom stereocenters. The Balaban J connectivity index is 2.35. The van der Waals surface area contributed by atoms with Gasteiger partial charge in [0.1, 0.15) is 0 Å². The molecular formula is C11H10Cl2N2O3. The third-order valence-corrected chi connectivity index (χ3v) is 3.48. The molecule has 0 aliphatic carbocycles. The molecule has 1 unspecified atom stereocenters. The van der Waals surface area contributed by atoms with Gasteiger partial charge in [-0.05, 0) is 13.0 Å². The van der Waals surface area contributed by atoms with Crippen molar-refractivity contribution in [3.63, 3.8) is 0 Å². The first-order valence-electron chi connectivity index (χ1n) is 5.26. The van der Waals surface area contributed by atoms with Gasteiger partial charge in [0.05, 0.1) is 21.7 Å². The van der Waals surface area contributed by atoms with Gasteiger partial charge in [-0.2, -0.15) is 0 Å². The number of aromatic nitrogens is 1. The molecule has 1 aromatic rings. The normalized spacial score (nSPS) is 19.4. The van der Waals surface area contributed by atoms with E-state index in [-0.39, 0.29) is 29.7 Å². The minimum atomic E-state index is -0.993. The number of aliphatic carboxylic acids is 1. The molecule has 96 valence electrons. The van der Waals surface area contributed by atoms with Gasteiger partial charge in [0.15, 0.2) is 5.82 Å². The van der Waals surface area contributed by atoms with Crippen LogP contribution in [0, 0.1) is 12.8 Å². The summed E-state index contributed by atoms with van der Waals surface area (Å²) in [6.45, 7) is 1.78. The lowest BCUT2D eigenvalue weighted by Crippen LogP contribution is -2.27. The number of hydrogen-bond donors (Lipinski definition) is 1. The lowest BCUT2D eigenvalue weighted by atomic mass is 10.1. The number of pyridine rings is 1. The average Bonchev–Trinajstić information content (AvgIpc) is 2.66. The third kappa shape index (κ3) is 2.28. The summed E-state index contributed by atoms with van der Waals surface area (Å²) in [6.07, 6.45) is -0.0327. The highest BCUT2D eigenvalue weighted by Gasteiger charge is 2.36. The first-order valence-corrected chi connectivity index (χ1v) is 6.01. The maximum absolute atomic E-state index is 11.8. The second kappa shape index (κ2) is 4.74. The van der Waals surface area contributed by atoms with Gasteiger partial charge >= 0.3 is 5.97 Å². The molecule has 0 aromatic carbocycles. The minimum Gasteiger partial charge on any atom is -0.481 e. The summed E-state index contributed by atoms with van der Waals surface area (Å²) in [4.78, 5) is 28.1. The Hall–Kier alpha value is -1.33. The van der Waals surface area contributed by atoms with Gasteiger partial charge < -0.3 is 5.11 Å². The van der Waals surface area contributed by atoms with Crippen LogP contribution in [-0.2, 0) is 9.59 Å². The Labute approximate surface area is 113 Å². The third-order valence-electron chi connectivity index (χ3n) is 2.82. The molecule has 1 aromatic heterocycles. The maximum atomic E-state index is 11.8. The number of amides is 1. The van der Waals surface area contributed by atoms with Gasteiger partial charge in [-0.25, -0.2) is 4.98 Å². The first kappa shape index (κ1) is 13.1. The van der Waals surface area contributed by atoms with E-state index in [0.717, 1.165) is 0 Å². The van der Waals surface area contributed by atoms with Crippen LogP contribution in [-0.4, -0.2) is 28.5 Å². The van der Waals surface area contributed by atoms with Crippen LogP contribution >= 0.6 is 23.2 Å². The fourth-order valence-electron chi connectivity index (χ4n) is 1.81. The Kier molecular flexibility index (Phi) is 3.45. The number of carbonyl (C=O) groups excluding carboxylic acids is 1. The van der Waals surface area contributed by atoms with Crippen LogP contribution in [0.4, 0.5) is 5.82 Å². The highest BCUT2D eigenvalue weighted by atomic mass is 35.5. The number of hydrogen-bond acceptors (Lipinski definition) is 3. The number of rotatable bonds is 2. The number of nitrogens with zero attached hydrogens (tertiary/aromatic N) is 2. The summed E-state index contributed by atoms with van der Waals surface area (Å²) in [5.74, 6) is -1.73. The van der Waals surface area contributed by atoms with Gasteiger partial charge in [-0.15, -0.1) is 0 Å². The van der Waals surface area contributed by atoms with E-state index in [1.54, 1.807) is 6.92 Å². The van der Waals surface area contributed by atoms with Crippen LogP contribution in [0.25, 0.3) is 0 Å². The number of anilines is 1. The number of aryl methyl sites for hydroxylation is 1. The molecule has 1 N–H and O–H groups in total. The standard InChI is InChI=1S/C11H10Cl2N2O3/c1-5-7(12)3-8(13)10(14-5)15-4-6(11(17)18)2-9(15)16/h3,6H,2,4H2,1H3,(H,17,18). The molecule has 2 rings (SSSR count). The van der Waals surface area contributed by atoms with Crippen molar-refractivity contribution in [1.29, 1.82) is 0 Å². The molecular weight excluding hydrogens is 279 g/mol. The predicted molar refractivity (Wildman–Crippen MR) is 67.1 cm³/mol. The van der Waals surface area contributed by atoms with Crippen molar-refractivity contribution in [3.05, 3.63) is 21.8 Å². The van der Waals surface area contributed by atoms with Crippen LogP contribution in [0.2, 0.25) is 10.0 Å². The van der Waals surface area contributed by atoms with Crippen LogP contribution in [0.5, 0.6) is 0 Å². The number of halogens is 2. The molecule has 0 spiro atoms.